The molecule has 2 aliphatic rings. The summed E-state index contributed by atoms with van der Waals surface area (Å²) in [5.41, 5.74) is 11.4. The summed E-state index contributed by atoms with van der Waals surface area (Å²) in [7, 11) is 0. The van der Waals surface area contributed by atoms with E-state index in [-0.39, 0.29) is 0 Å². The van der Waals surface area contributed by atoms with E-state index in [1.54, 1.807) is 0 Å². The molecular weight excluding hydrogens is 456 g/mol. The summed E-state index contributed by atoms with van der Waals surface area (Å²) in [5.74, 6) is 0. The van der Waals surface area contributed by atoms with Crippen molar-refractivity contribution in [1.29, 1.82) is 0 Å². The van der Waals surface area contributed by atoms with Gasteiger partial charge in [-0.05, 0) is 89.7 Å². The minimum Gasteiger partial charge on any atom is -0.0619 e. The van der Waals surface area contributed by atoms with E-state index in [4.69, 9.17) is 0 Å². The van der Waals surface area contributed by atoms with Gasteiger partial charge in [-0.3, -0.25) is 0 Å². The van der Waals surface area contributed by atoms with Crippen molar-refractivity contribution in [2.45, 2.75) is 12.8 Å². The third kappa shape index (κ3) is 3.24. The average Bonchev–Trinajstić information content (AvgIpc) is 2.98. The Balaban J connectivity index is 0.000000121. The first kappa shape index (κ1) is 21.4. The molecular formula is C38H26. The molecule has 7 aromatic carbocycles. The molecule has 0 saturated heterocycles. The first-order valence-corrected chi connectivity index (χ1v) is 13.5. The fourth-order valence-corrected chi connectivity index (χ4v) is 6.69. The monoisotopic (exact) mass is 482 g/mol. The second-order valence-electron chi connectivity index (χ2n) is 10.5. The Kier molecular flexibility index (Phi) is 4.75. The molecule has 7 aromatic rings. The first-order chi connectivity index (χ1) is 18.8. The van der Waals surface area contributed by atoms with Crippen molar-refractivity contribution in [3.05, 3.63) is 156 Å². The van der Waals surface area contributed by atoms with Gasteiger partial charge in [-0.15, -0.1) is 0 Å². The van der Waals surface area contributed by atoms with E-state index in [2.05, 4.69) is 133 Å². The number of hydrogen-bond acceptors (Lipinski definition) is 0. The molecule has 9 rings (SSSR count). The summed E-state index contributed by atoms with van der Waals surface area (Å²) in [6.07, 6.45) is 2.10. The van der Waals surface area contributed by atoms with Crippen molar-refractivity contribution in [2.24, 2.45) is 0 Å². The second-order valence-corrected chi connectivity index (χ2v) is 10.5. The largest absolute Gasteiger partial charge is 0.0619 e. The predicted molar refractivity (Wildman–Crippen MR) is 162 cm³/mol. The second kappa shape index (κ2) is 8.43. The summed E-state index contributed by atoms with van der Waals surface area (Å²) < 4.78 is 0. The molecule has 0 heteroatoms. The maximum atomic E-state index is 2.37. The lowest BCUT2D eigenvalue weighted by atomic mass is 9.82. The first-order valence-electron chi connectivity index (χ1n) is 13.5. The molecule has 0 radical (unpaired) electrons. The predicted octanol–water partition coefficient (Wildman–Crippen LogP) is 9.98. The van der Waals surface area contributed by atoms with Crippen LogP contribution in [0.5, 0.6) is 0 Å². The molecule has 0 aliphatic heterocycles. The molecule has 0 nitrogen and oxygen atoms in total. The van der Waals surface area contributed by atoms with Crippen LogP contribution in [-0.4, -0.2) is 0 Å². The van der Waals surface area contributed by atoms with Crippen LogP contribution in [0.25, 0.3) is 54.6 Å². The van der Waals surface area contributed by atoms with Gasteiger partial charge in [0.2, 0.25) is 0 Å². The zero-order chi connectivity index (χ0) is 25.1. The molecule has 38 heavy (non-hydrogen) atoms. The lowest BCUT2D eigenvalue weighted by molar-refractivity contribution is 1.20. The third-order valence-corrected chi connectivity index (χ3v) is 8.33. The molecule has 0 amide bonds. The van der Waals surface area contributed by atoms with Gasteiger partial charge in [-0.1, -0.05) is 133 Å². The molecule has 0 atom stereocenters. The molecule has 0 heterocycles. The Bertz CT molecular complexity index is 2020. The molecule has 0 unspecified atom stereocenters. The number of rotatable bonds is 0. The van der Waals surface area contributed by atoms with E-state index in [0.717, 1.165) is 12.8 Å². The SMILES string of the molecule is c1ccc2c(c1)Cc1cc3ccccc3c3cccc-2c13.c1ccc2c(c1)Cc1cccc3cccc-2c13. The zero-order valence-corrected chi connectivity index (χ0v) is 21.1. The van der Waals surface area contributed by atoms with Crippen LogP contribution in [0.15, 0.2) is 133 Å². The average molecular weight is 483 g/mol. The van der Waals surface area contributed by atoms with Gasteiger partial charge in [0.1, 0.15) is 0 Å². The summed E-state index contributed by atoms with van der Waals surface area (Å²) in [6, 6.07) is 48.6. The van der Waals surface area contributed by atoms with E-state index in [9.17, 15) is 0 Å². The van der Waals surface area contributed by atoms with Crippen LogP contribution in [0, 0.1) is 0 Å². The van der Waals surface area contributed by atoms with E-state index in [0.29, 0.717) is 0 Å². The standard InChI is InChI=1S/C21H14.C17H12/c1-3-8-17-14(6-1)12-16-13-15-7-2-4-9-18(15)20-11-5-10-19(17)21(16)20;1-2-9-15-13(5-1)11-14-8-3-6-12-7-4-10-16(15)17(12)14/h1-12H,13H2;1-10H,11H2. The van der Waals surface area contributed by atoms with E-state index in [1.165, 1.54) is 76.8 Å². The van der Waals surface area contributed by atoms with Crippen LogP contribution in [-0.2, 0) is 12.8 Å². The lowest BCUT2D eigenvalue weighted by Crippen LogP contribution is -2.01. The molecule has 2 aliphatic carbocycles. The Morgan fingerprint density at radius 2 is 0.816 bits per heavy atom. The van der Waals surface area contributed by atoms with Gasteiger partial charge in [-0.25, -0.2) is 0 Å². The number of benzene rings is 7. The van der Waals surface area contributed by atoms with Gasteiger partial charge >= 0.3 is 0 Å². The fraction of sp³-hybridized carbons (Fsp3) is 0.0526. The van der Waals surface area contributed by atoms with Crippen LogP contribution >= 0.6 is 0 Å². The number of fused-ring (bicyclic) bond motifs is 6. The fourth-order valence-electron chi connectivity index (χ4n) is 6.69. The molecule has 0 spiro atoms. The highest BCUT2D eigenvalue weighted by Gasteiger charge is 2.19. The maximum absolute atomic E-state index is 2.37. The van der Waals surface area contributed by atoms with Crippen molar-refractivity contribution in [2.75, 3.05) is 0 Å². The van der Waals surface area contributed by atoms with Crippen LogP contribution in [0.2, 0.25) is 0 Å². The molecule has 178 valence electrons. The maximum Gasteiger partial charge on any atom is -0.00130 e. The topological polar surface area (TPSA) is 0 Å². The third-order valence-electron chi connectivity index (χ3n) is 8.33. The van der Waals surface area contributed by atoms with Crippen molar-refractivity contribution in [1.82, 2.24) is 0 Å². The normalized spacial score (nSPS) is 12.5. The molecule has 0 fully saturated rings. The highest BCUT2D eigenvalue weighted by atomic mass is 14.2. The molecule has 0 N–H and O–H groups in total. The highest BCUT2D eigenvalue weighted by Crippen LogP contribution is 2.42. The summed E-state index contributed by atoms with van der Waals surface area (Å²) in [4.78, 5) is 0. The van der Waals surface area contributed by atoms with E-state index in [1.807, 2.05) is 0 Å². The van der Waals surface area contributed by atoms with Gasteiger partial charge in [-0.2, -0.15) is 0 Å². The van der Waals surface area contributed by atoms with Crippen molar-refractivity contribution in [3.63, 3.8) is 0 Å². The Labute approximate surface area is 222 Å². The van der Waals surface area contributed by atoms with Gasteiger partial charge in [0, 0.05) is 0 Å². The van der Waals surface area contributed by atoms with E-state index >= 15 is 0 Å². The molecule has 0 bridgehead atoms. The Hall–Kier alpha value is -4.68. The molecule has 0 saturated carbocycles. The van der Waals surface area contributed by atoms with Gasteiger partial charge < -0.3 is 0 Å². The number of hydrogen-bond donors (Lipinski definition) is 0. The van der Waals surface area contributed by atoms with Crippen LogP contribution in [0.1, 0.15) is 22.3 Å². The Morgan fingerprint density at radius 1 is 0.316 bits per heavy atom. The Morgan fingerprint density at radius 3 is 1.61 bits per heavy atom. The smallest absolute Gasteiger partial charge is 0.00130 e. The highest BCUT2D eigenvalue weighted by molar-refractivity contribution is 6.14. The summed E-state index contributed by atoms with van der Waals surface area (Å²) in [6.45, 7) is 0. The van der Waals surface area contributed by atoms with E-state index < -0.39 is 0 Å². The van der Waals surface area contributed by atoms with Gasteiger partial charge in [0.15, 0.2) is 0 Å². The summed E-state index contributed by atoms with van der Waals surface area (Å²) in [5, 5.41) is 8.32. The molecule has 0 aromatic heterocycles. The van der Waals surface area contributed by atoms with Gasteiger partial charge in [0.25, 0.3) is 0 Å². The van der Waals surface area contributed by atoms with Crippen LogP contribution in [0.3, 0.4) is 0 Å². The quantitative estimate of drug-likeness (QED) is 0.189. The van der Waals surface area contributed by atoms with Gasteiger partial charge in [0.05, 0.1) is 0 Å². The lowest BCUT2D eigenvalue weighted by Gasteiger charge is -2.22. The zero-order valence-electron chi connectivity index (χ0n) is 21.1. The summed E-state index contributed by atoms with van der Waals surface area (Å²) >= 11 is 0. The van der Waals surface area contributed by atoms with Crippen molar-refractivity contribution >= 4 is 32.3 Å². The van der Waals surface area contributed by atoms with Crippen molar-refractivity contribution in [3.8, 4) is 22.3 Å². The van der Waals surface area contributed by atoms with Crippen molar-refractivity contribution < 1.29 is 0 Å². The van der Waals surface area contributed by atoms with Crippen LogP contribution in [0.4, 0.5) is 0 Å². The minimum absolute atomic E-state index is 1.04. The minimum atomic E-state index is 1.04. The van der Waals surface area contributed by atoms with Crippen LogP contribution < -0.4 is 0 Å².